The number of hydrogen-bond donors (Lipinski definition) is 1. The van der Waals surface area contributed by atoms with Crippen LogP contribution in [0.25, 0.3) is 0 Å². The molecule has 0 heterocycles. The topological polar surface area (TPSA) is 35.2 Å². The first-order valence-corrected chi connectivity index (χ1v) is 8.16. The molecule has 0 amide bonds. The Kier molecular flexibility index (Phi) is 5.76. The van der Waals surface area contributed by atoms with Gasteiger partial charge in [-0.25, -0.2) is 0 Å². The summed E-state index contributed by atoms with van der Waals surface area (Å²) < 4.78 is 6.84. The van der Waals surface area contributed by atoms with Gasteiger partial charge in [0.25, 0.3) is 0 Å². The third-order valence-electron chi connectivity index (χ3n) is 3.18. The van der Waals surface area contributed by atoms with Crippen LogP contribution in [0.1, 0.15) is 30.9 Å². The molecule has 0 spiro atoms. The van der Waals surface area contributed by atoms with Gasteiger partial charge < -0.3 is 10.5 Å². The lowest BCUT2D eigenvalue weighted by Gasteiger charge is -2.11. The molecule has 2 N–H and O–H groups in total. The van der Waals surface area contributed by atoms with E-state index in [-0.39, 0.29) is 0 Å². The molecule has 0 unspecified atom stereocenters. The summed E-state index contributed by atoms with van der Waals surface area (Å²) in [5, 5.41) is 0. The highest BCUT2D eigenvalue weighted by atomic mass is 79.9. The Morgan fingerprint density at radius 1 is 1.19 bits per heavy atom. The molecule has 0 fully saturated rings. The maximum Gasteiger partial charge on any atom is 0.138 e. The molecule has 0 saturated carbocycles. The van der Waals surface area contributed by atoms with Crippen molar-refractivity contribution in [2.24, 2.45) is 5.73 Å². The maximum absolute atomic E-state index is 5.91. The molecule has 21 heavy (non-hydrogen) atoms. The molecule has 0 atom stereocenters. The number of benzene rings is 2. The fraction of sp³-hybridized carbons (Fsp3) is 0.235. The van der Waals surface area contributed by atoms with Crippen LogP contribution in [0.15, 0.2) is 46.9 Å². The second-order valence-electron chi connectivity index (χ2n) is 4.85. The predicted octanol–water partition coefficient (Wildman–Crippen LogP) is 5.22. The lowest BCUT2D eigenvalue weighted by Crippen LogP contribution is -2.10. The largest absolute Gasteiger partial charge is 0.457 e. The minimum atomic E-state index is 0.331. The van der Waals surface area contributed by atoms with E-state index in [0.717, 1.165) is 22.2 Å². The van der Waals surface area contributed by atoms with Crippen molar-refractivity contribution in [1.29, 1.82) is 0 Å². The fourth-order valence-electron chi connectivity index (χ4n) is 2.02. The van der Waals surface area contributed by atoms with Gasteiger partial charge in [0.1, 0.15) is 16.5 Å². The molecule has 2 rings (SSSR count). The van der Waals surface area contributed by atoms with Crippen molar-refractivity contribution in [1.82, 2.24) is 0 Å². The maximum atomic E-state index is 5.91. The molecular weight excluding hydrogens is 346 g/mol. The first-order chi connectivity index (χ1) is 10.1. The van der Waals surface area contributed by atoms with E-state index in [1.165, 1.54) is 18.4 Å². The zero-order valence-corrected chi connectivity index (χ0v) is 14.3. The molecule has 2 nitrogen and oxygen atoms in total. The van der Waals surface area contributed by atoms with E-state index < -0.39 is 0 Å². The Morgan fingerprint density at radius 2 is 1.90 bits per heavy atom. The van der Waals surface area contributed by atoms with Crippen molar-refractivity contribution in [3.05, 3.63) is 58.1 Å². The normalized spacial score (nSPS) is 10.4. The first-order valence-electron chi connectivity index (χ1n) is 6.96. The van der Waals surface area contributed by atoms with Crippen LogP contribution in [-0.2, 0) is 6.42 Å². The highest BCUT2D eigenvalue weighted by molar-refractivity contribution is 9.10. The Balaban J connectivity index is 2.18. The van der Waals surface area contributed by atoms with E-state index >= 15 is 0 Å². The quantitative estimate of drug-likeness (QED) is 0.714. The summed E-state index contributed by atoms with van der Waals surface area (Å²) in [5.74, 6) is 1.45. The Hall–Kier alpha value is -1.39. The summed E-state index contributed by atoms with van der Waals surface area (Å²) in [6, 6.07) is 13.8. The highest BCUT2D eigenvalue weighted by Gasteiger charge is 2.08. The predicted molar refractivity (Wildman–Crippen MR) is 95.2 cm³/mol. The first kappa shape index (κ1) is 16.0. The molecule has 110 valence electrons. The van der Waals surface area contributed by atoms with Crippen molar-refractivity contribution in [3.8, 4) is 11.5 Å². The van der Waals surface area contributed by atoms with Gasteiger partial charge in [-0.05, 0) is 48.7 Å². The molecule has 0 aliphatic rings. The van der Waals surface area contributed by atoms with Gasteiger partial charge in [0, 0.05) is 4.47 Å². The molecule has 0 radical (unpaired) electrons. The zero-order valence-electron chi connectivity index (χ0n) is 11.9. The number of thiocarbonyl (C=S) groups is 1. The summed E-state index contributed by atoms with van der Waals surface area (Å²) in [7, 11) is 0. The minimum absolute atomic E-state index is 0.331. The van der Waals surface area contributed by atoms with Gasteiger partial charge in [0.15, 0.2) is 0 Å². The molecule has 0 aromatic heterocycles. The number of nitrogens with two attached hydrogens (primary N) is 1. The monoisotopic (exact) mass is 363 g/mol. The van der Waals surface area contributed by atoms with Crippen LogP contribution in [0.4, 0.5) is 0 Å². The number of halogens is 1. The van der Waals surface area contributed by atoms with Gasteiger partial charge >= 0.3 is 0 Å². The van der Waals surface area contributed by atoms with Crippen molar-refractivity contribution < 1.29 is 4.74 Å². The van der Waals surface area contributed by atoms with Crippen LogP contribution >= 0.6 is 28.1 Å². The van der Waals surface area contributed by atoms with Gasteiger partial charge in [-0.2, -0.15) is 0 Å². The van der Waals surface area contributed by atoms with Gasteiger partial charge in [0.2, 0.25) is 0 Å². The van der Waals surface area contributed by atoms with Crippen molar-refractivity contribution in [3.63, 3.8) is 0 Å². The number of unbranched alkanes of at least 4 members (excludes halogenated alkanes) is 1. The number of hydrogen-bond acceptors (Lipinski definition) is 2. The average Bonchev–Trinajstić information content (AvgIpc) is 2.46. The molecule has 4 heteroatoms. The molecule has 0 bridgehead atoms. The van der Waals surface area contributed by atoms with E-state index in [2.05, 4.69) is 35.0 Å². The molecular formula is C17H18BrNOS. The lowest BCUT2D eigenvalue weighted by molar-refractivity contribution is 0.481. The van der Waals surface area contributed by atoms with Crippen LogP contribution in [-0.4, -0.2) is 4.99 Å². The second kappa shape index (κ2) is 7.57. The Bertz CT molecular complexity index is 625. The molecule has 2 aromatic rings. The number of rotatable bonds is 6. The second-order valence-corrected chi connectivity index (χ2v) is 6.21. The highest BCUT2D eigenvalue weighted by Crippen LogP contribution is 2.29. The van der Waals surface area contributed by atoms with E-state index in [1.807, 2.05) is 30.3 Å². The minimum Gasteiger partial charge on any atom is -0.457 e. The average molecular weight is 364 g/mol. The summed E-state index contributed by atoms with van der Waals surface area (Å²) in [4.78, 5) is 0.331. The summed E-state index contributed by atoms with van der Waals surface area (Å²) >= 11 is 8.49. The van der Waals surface area contributed by atoms with Crippen LogP contribution in [0.5, 0.6) is 11.5 Å². The standard InChI is InChI=1S/C17H18BrNOS/c1-2-3-4-12-5-8-14(9-6-12)20-16-11-13(18)7-10-15(16)17(19)21/h5-11H,2-4H2,1H3,(H2,19,21). The van der Waals surface area contributed by atoms with Crippen LogP contribution in [0, 0.1) is 0 Å². The van der Waals surface area contributed by atoms with Gasteiger partial charge in [-0.1, -0.05) is 53.6 Å². The smallest absolute Gasteiger partial charge is 0.138 e. The SMILES string of the molecule is CCCCc1ccc(Oc2cc(Br)ccc2C(N)=S)cc1. The summed E-state index contributed by atoms with van der Waals surface area (Å²) in [6.45, 7) is 2.20. The summed E-state index contributed by atoms with van der Waals surface area (Å²) in [6.07, 6.45) is 3.51. The number of aryl methyl sites for hydroxylation is 1. The number of ether oxygens (including phenoxy) is 1. The molecule has 0 aliphatic carbocycles. The van der Waals surface area contributed by atoms with Crippen LogP contribution in [0.2, 0.25) is 0 Å². The van der Waals surface area contributed by atoms with Crippen molar-refractivity contribution in [2.45, 2.75) is 26.2 Å². The van der Waals surface area contributed by atoms with Crippen molar-refractivity contribution in [2.75, 3.05) is 0 Å². The van der Waals surface area contributed by atoms with E-state index in [4.69, 9.17) is 22.7 Å². The van der Waals surface area contributed by atoms with Gasteiger partial charge in [0.05, 0.1) is 5.56 Å². The molecule has 2 aromatic carbocycles. The Morgan fingerprint density at radius 3 is 2.52 bits per heavy atom. The fourth-order valence-corrected chi connectivity index (χ4v) is 2.52. The third kappa shape index (κ3) is 4.55. The lowest BCUT2D eigenvalue weighted by atomic mass is 10.1. The van der Waals surface area contributed by atoms with Crippen molar-refractivity contribution >= 4 is 33.1 Å². The van der Waals surface area contributed by atoms with Gasteiger partial charge in [-0.15, -0.1) is 0 Å². The van der Waals surface area contributed by atoms with Gasteiger partial charge in [-0.3, -0.25) is 0 Å². The molecule has 0 aliphatic heterocycles. The third-order valence-corrected chi connectivity index (χ3v) is 3.89. The van der Waals surface area contributed by atoms with E-state index in [0.29, 0.717) is 10.7 Å². The van der Waals surface area contributed by atoms with E-state index in [1.54, 1.807) is 0 Å². The summed E-state index contributed by atoms with van der Waals surface area (Å²) in [5.41, 5.74) is 7.80. The molecule has 0 saturated heterocycles. The van der Waals surface area contributed by atoms with Crippen LogP contribution in [0.3, 0.4) is 0 Å². The van der Waals surface area contributed by atoms with Crippen LogP contribution < -0.4 is 10.5 Å². The van der Waals surface area contributed by atoms with E-state index in [9.17, 15) is 0 Å². The zero-order chi connectivity index (χ0) is 15.2. The Labute approximate surface area is 139 Å².